The molecule has 10 nitrogen and oxygen atoms in total. The van der Waals surface area contributed by atoms with Gasteiger partial charge in [0.2, 0.25) is 0 Å². The van der Waals surface area contributed by atoms with Crippen LogP contribution in [0, 0.1) is 5.82 Å². The van der Waals surface area contributed by atoms with Crippen LogP contribution >= 0.6 is 11.6 Å². The highest BCUT2D eigenvalue weighted by atomic mass is 35.5. The first-order valence-corrected chi connectivity index (χ1v) is 13.7. The fraction of sp³-hybridized carbons (Fsp3) is 0.310. The summed E-state index contributed by atoms with van der Waals surface area (Å²) in [5.74, 6) is -0.264. The van der Waals surface area contributed by atoms with Crippen LogP contribution in [-0.2, 0) is 6.54 Å². The maximum Gasteiger partial charge on any atom is 0.407 e. The molecule has 1 aliphatic heterocycles. The monoisotopic (exact) mass is 579 g/mol. The number of benzene rings is 2. The maximum atomic E-state index is 15.1. The predicted octanol–water partition coefficient (Wildman–Crippen LogP) is 4.59. The normalized spacial score (nSPS) is 15.6. The summed E-state index contributed by atoms with van der Waals surface area (Å²) < 4.78 is 16.5. The van der Waals surface area contributed by atoms with Gasteiger partial charge in [0.15, 0.2) is 5.65 Å². The lowest BCUT2D eigenvalue weighted by atomic mass is 9.97. The summed E-state index contributed by atoms with van der Waals surface area (Å²) in [6.07, 6.45) is -1.01. The molecule has 1 saturated heterocycles. The largest absolute Gasteiger partial charge is 0.465 e. The third-order valence-electron chi connectivity index (χ3n) is 7.47. The van der Waals surface area contributed by atoms with E-state index in [0.29, 0.717) is 29.0 Å². The highest BCUT2D eigenvalue weighted by Gasteiger charge is 2.31. The molecule has 0 aliphatic carbocycles. The number of carboxylic acid groups (broad SMARTS) is 1. The summed E-state index contributed by atoms with van der Waals surface area (Å²) in [5, 5.41) is 10.1. The molecule has 5 rings (SSSR count). The zero-order valence-electron chi connectivity index (χ0n) is 22.9. The van der Waals surface area contributed by atoms with Crippen LogP contribution in [0.3, 0.4) is 0 Å². The first-order chi connectivity index (χ1) is 19.5. The van der Waals surface area contributed by atoms with E-state index in [4.69, 9.17) is 28.1 Å². The number of nitrogen functional groups attached to an aromatic ring is 1. The number of pyridine rings is 1. The molecule has 0 spiro atoms. The van der Waals surface area contributed by atoms with E-state index in [-0.39, 0.29) is 59.2 Å². The second-order valence-electron chi connectivity index (χ2n) is 10.4. The molecule has 2 aromatic carbocycles. The average Bonchev–Trinajstić information content (AvgIpc) is 2.92. The van der Waals surface area contributed by atoms with Gasteiger partial charge in [0.25, 0.3) is 0 Å². The van der Waals surface area contributed by atoms with Crippen molar-refractivity contribution in [1.29, 1.82) is 0 Å². The number of halogens is 2. The Balaban J connectivity index is 1.87. The first kappa shape index (κ1) is 28.3. The van der Waals surface area contributed by atoms with Gasteiger partial charge in [-0.05, 0) is 42.2 Å². The van der Waals surface area contributed by atoms with E-state index >= 15 is 4.39 Å². The minimum absolute atomic E-state index is 0.0243. The van der Waals surface area contributed by atoms with Gasteiger partial charge < -0.3 is 26.4 Å². The second-order valence-corrected chi connectivity index (χ2v) is 10.8. The third-order valence-corrected chi connectivity index (χ3v) is 7.76. The summed E-state index contributed by atoms with van der Waals surface area (Å²) in [4.78, 5) is 38.1. The molecule has 3 heterocycles. The molecule has 5 N–H and O–H groups in total. The number of aromatic nitrogens is 3. The number of rotatable bonds is 5. The third kappa shape index (κ3) is 4.95. The van der Waals surface area contributed by atoms with Crippen molar-refractivity contribution in [3.05, 3.63) is 74.9 Å². The number of piperazine rings is 1. The van der Waals surface area contributed by atoms with Gasteiger partial charge in [-0.25, -0.2) is 23.5 Å². The Bertz CT molecular complexity index is 1710. The van der Waals surface area contributed by atoms with Crippen molar-refractivity contribution in [2.75, 3.05) is 30.3 Å². The van der Waals surface area contributed by atoms with Gasteiger partial charge in [-0.15, -0.1) is 0 Å². The molecule has 4 aromatic rings. The molecule has 2 aromatic heterocycles. The standard InChI is InChI=1S/C29H31ClFN7O3/c1-15(2)18-7-4-6-17(13-32)25(18)38-27-19(12-20(30)24(34-27)23-21(31)8-5-9-22(23)33)26(35-28(38)39)37-11-10-36(29(40)41)14-16(37)3/h4-9,12,15-16H,10-11,13-14,32-33H2,1-3H3,(H,40,41)/t16-/m0/s1. The topological polar surface area (TPSA) is 144 Å². The maximum absolute atomic E-state index is 15.1. The lowest BCUT2D eigenvalue weighted by Crippen LogP contribution is -2.54. The van der Waals surface area contributed by atoms with Crippen LogP contribution in [0.2, 0.25) is 5.02 Å². The highest BCUT2D eigenvalue weighted by Crippen LogP contribution is 2.38. The van der Waals surface area contributed by atoms with Gasteiger partial charge >= 0.3 is 11.8 Å². The van der Waals surface area contributed by atoms with Crippen LogP contribution < -0.4 is 22.1 Å². The molecule has 0 unspecified atom stereocenters. The van der Waals surface area contributed by atoms with E-state index in [9.17, 15) is 14.7 Å². The van der Waals surface area contributed by atoms with Crippen LogP contribution in [0.25, 0.3) is 28.0 Å². The Morgan fingerprint density at radius 1 is 1.20 bits per heavy atom. The lowest BCUT2D eigenvalue weighted by molar-refractivity contribution is 0.136. The number of amides is 1. The SMILES string of the molecule is CC(C)c1cccc(CN)c1-n1c(=O)nc(N2CCN(C(=O)O)C[C@@H]2C)c2cc(Cl)c(-c3c(N)cccc3F)nc21. The minimum Gasteiger partial charge on any atom is -0.465 e. The fourth-order valence-electron chi connectivity index (χ4n) is 5.45. The molecule has 0 saturated carbocycles. The molecule has 12 heteroatoms. The van der Waals surface area contributed by atoms with Gasteiger partial charge in [-0.2, -0.15) is 4.98 Å². The number of para-hydroxylation sites is 1. The zero-order chi connectivity index (χ0) is 29.6. The fourth-order valence-corrected chi connectivity index (χ4v) is 5.70. The summed E-state index contributed by atoms with van der Waals surface area (Å²) in [6, 6.07) is 11.3. The molecular weight excluding hydrogens is 549 g/mol. The minimum atomic E-state index is -1.01. The number of nitrogens with zero attached hydrogens (tertiary/aromatic N) is 5. The Morgan fingerprint density at radius 3 is 2.56 bits per heavy atom. The number of carbonyl (C=O) groups is 1. The predicted molar refractivity (Wildman–Crippen MR) is 158 cm³/mol. The zero-order valence-corrected chi connectivity index (χ0v) is 23.7. The Hall–Kier alpha value is -4.22. The summed E-state index contributed by atoms with van der Waals surface area (Å²) in [5.41, 5.74) is 14.3. The van der Waals surface area contributed by atoms with Crippen LogP contribution in [0.1, 0.15) is 37.8 Å². The van der Waals surface area contributed by atoms with Crippen molar-refractivity contribution < 1.29 is 14.3 Å². The molecule has 214 valence electrons. The molecule has 1 fully saturated rings. The van der Waals surface area contributed by atoms with E-state index in [0.717, 1.165) is 5.56 Å². The molecule has 1 atom stereocenters. The van der Waals surface area contributed by atoms with Gasteiger partial charge in [0.05, 0.1) is 27.4 Å². The number of hydrogen-bond acceptors (Lipinski definition) is 7. The van der Waals surface area contributed by atoms with Crippen molar-refractivity contribution in [2.45, 2.75) is 39.3 Å². The summed E-state index contributed by atoms with van der Waals surface area (Å²) in [6.45, 7) is 6.78. The highest BCUT2D eigenvalue weighted by molar-refractivity contribution is 6.34. The van der Waals surface area contributed by atoms with E-state index < -0.39 is 17.6 Å². The number of fused-ring (bicyclic) bond motifs is 1. The molecule has 1 amide bonds. The Morgan fingerprint density at radius 2 is 1.93 bits per heavy atom. The average molecular weight is 580 g/mol. The van der Waals surface area contributed by atoms with E-state index in [1.165, 1.54) is 21.6 Å². The van der Waals surface area contributed by atoms with Crippen molar-refractivity contribution in [1.82, 2.24) is 19.4 Å². The first-order valence-electron chi connectivity index (χ1n) is 13.3. The van der Waals surface area contributed by atoms with Crippen molar-refractivity contribution in [3.63, 3.8) is 0 Å². The number of nitrogens with two attached hydrogens (primary N) is 2. The molecule has 0 bridgehead atoms. The quantitative estimate of drug-likeness (QED) is 0.291. The van der Waals surface area contributed by atoms with E-state index in [1.807, 2.05) is 43.9 Å². The van der Waals surface area contributed by atoms with Crippen LogP contribution in [0.15, 0.2) is 47.3 Å². The van der Waals surface area contributed by atoms with Crippen LogP contribution in [-0.4, -0.2) is 56.3 Å². The number of anilines is 2. The summed E-state index contributed by atoms with van der Waals surface area (Å²) >= 11 is 6.75. The lowest BCUT2D eigenvalue weighted by Gasteiger charge is -2.39. The van der Waals surface area contributed by atoms with Crippen LogP contribution in [0.5, 0.6) is 0 Å². The van der Waals surface area contributed by atoms with Gasteiger partial charge in [0.1, 0.15) is 11.6 Å². The van der Waals surface area contributed by atoms with Crippen molar-refractivity contribution in [2.24, 2.45) is 5.73 Å². The molecule has 1 aliphatic rings. The Labute approximate surface area is 241 Å². The van der Waals surface area contributed by atoms with Gasteiger partial charge in [0, 0.05) is 37.9 Å². The molecule has 41 heavy (non-hydrogen) atoms. The smallest absolute Gasteiger partial charge is 0.407 e. The van der Waals surface area contributed by atoms with Crippen LogP contribution in [0.4, 0.5) is 20.7 Å². The molecule has 0 radical (unpaired) electrons. The van der Waals surface area contributed by atoms with E-state index in [1.54, 1.807) is 12.1 Å². The Kier molecular flexibility index (Phi) is 7.58. The van der Waals surface area contributed by atoms with Gasteiger partial charge in [-0.3, -0.25) is 0 Å². The summed E-state index contributed by atoms with van der Waals surface area (Å²) in [7, 11) is 0. The molecular formula is C29H31ClFN7O3. The second kappa shape index (κ2) is 11.0. The van der Waals surface area contributed by atoms with Crippen molar-refractivity contribution in [3.8, 4) is 16.9 Å². The van der Waals surface area contributed by atoms with Gasteiger partial charge in [-0.1, -0.05) is 49.7 Å². The number of hydrogen-bond donors (Lipinski definition) is 3. The van der Waals surface area contributed by atoms with Crippen molar-refractivity contribution >= 4 is 40.2 Å². The van der Waals surface area contributed by atoms with E-state index in [2.05, 4.69) is 4.98 Å².